The van der Waals surface area contributed by atoms with Crippen molar-refractivity contribution >= 4 is 5.71 Å². The van der Waals surface area contributed by atoms with Crippen molar-refractivity contribution in [2.75, 3.05) is 7.11 Å². The fourth-order valence-corrected chi connectivity index (χ4v) is 3.45. The molecule has 4 rings (SSSR count). The molecule has 0 aliphatic carbocycles. The van der Waals surface area contributed by atoms with Gasteiger partial charge < -0.3 is 14.6 Å². The molecule has 2 aliphatic rings. The second-order valence-electron chi connectivity index (χ2n) is 6.58. The lowest BCUT2D eigenvalue weighted by Crippen LogP contribution is -2.48. The number of ether oxygens (including phenoxy) is 2. The number of fused-ring (bicyclic) bond motifs is 3. The molecule has 2 heterocycles. The monoisotopic (exact) mass is 324 g/mol. The summed E-state index contributed by atoms with van der Waals surface area (Å²) in [5, 5.41) is 17.0. The van der Waals surface area contributed by atoms with Crippen LogP contribution in [0.25, 0.3) is 0 Å². The Bertz CT molecular complexity index is 829. The van der Waals surface area contributed by atoms with Gasteiger partial charge in [0.15, 0.2) is 5.72 Å². The highest BCUT2D eigenvalue weighted by atomic mass is 16.5. The van der Waals surface area contributed by atoms with Crippen LogP contribution < -0.4 is 9.47 Å². The third kappa shape index (κ3) is 2.19. The summed E-state index contributed by atoms with van der Waals surface area (Å²) in [6.07, 6.45) is 0.713. The van der Waals surface area contributed by atoms with Crippen molar-refractivity contribution < 1.29 is 14.6 Å². The molecule has 5 heteroatoms. The summed E-state index contributed by atoms with van der Waals surface area (Å²) in [5.74, 6) is 1.81. The van der Waals surface area contributed by atoms with Crippen molar-refractivity contribution in [3.05, 3.63) is 53.6 Å². The number of phenols is 1. The van der Waals surface area contributed by atoms with Crippen LogP contribution in [0.3, 0.4) is 0 Å². The van der Waals surface area contributed by atoms with E-state index in [-0.39, 0.29) is 11.8 Å². The van der Waals surface area contributed by atoms with Crippen LogP contribution in [0.2, 0.25) is 0 Å². The summed E-state index contributed by atoms with van der Waals surface area (Å²) < 4.78 is 11.4. The standard InChI is InChI=1S/C19H20N2O3/c1-19(2)21-16(13-6-4-5-7-18(13)24-19)11-15(20-21)14-10-12(23-3)8-9-17(14)22/h4-10,16,22H,11H2,1-3H3. The van der Waals surface area contributed by atoms with Gasteiger partial charge in [0.05, 0.1) is 18.9 Å². The van der Waals surface area contributed by atoms with Gasteiger partial charge in [-0.1, -0.05) is 18.2 Å². The molecule has 24 heavy (non-hydrogen) atoms. The zero-order valence-corrected chi connectivity index (χ0v) is 14.0. The van der Waals surface area contributed by atoms with E-state index in [9.17, 15) is 5.11 Å². The molecule has 0 radical (unpaired) electrons. The van der Waals surface area contributed by atoms with Gasteiger partial charge in [-0.15, -0.1) is 0 Å². The zero-order chi connectivity index (χ0) is 16.9. The highest BCUT2D eigenvalue weighted by Gasteiger charge is 2.44. The van der Waals surface area contributed by atoms with Crippen molar-refractivity contribution in [3.8, 4) is 17.2 Å². The van der Waals surface area contributed by atoms with Crippen LogP contribution in [0, 0.1) is 0 Å². The van der Waals surface area contributed by atoms with Crippen molar-refractivity contribution in [1.82, 2.24) is 5.01 Å². The Morgan fingerprint density at radius 3 is 2.83 bits per heavy atom. The maximum atomic E-state index is 10.3. The molecule has 0 spiro atoms. The molecule has 0 amide bonds. The smallest absolute Gasteiger partial charge is 0.192 e. The minimum Gasteiger partial charge on any atom is -0.507 e. The third-order valence-electron chi connectivity index (χ3n) is 4.61. The van der Waals surface area contributed by atoms with Crippen molar-refractivity contribution in [3.63, 3.8) is 0 Å². The normalized spacial score (nSPS) is 20.7. The molecule has 2 aliphatic heterocycles. The van der Waals surface area contributed by atoms with Crippen LogP contribution in [-0.4, -0.2) is 28.7 Å². The Labute approximate surface area is 141 Å². The predicted molar refractivity (Wildman–Crippen MR) is 91.5 cm³/mol. The van der Waals surface area contributed by atoms with Crippen LogP contribution in [-0.2, 0) is 0 Å². The molecule has 0 aromatic heterocycles. The third-order valence-corrected chi connectivity index (χ3v) is 4.61. The molecular weight excluding hydrogens is 304 g/mol. The summed E-state index contributed by atoms with van der Waals surface area (Å²) >= 11 is 0. The first kappa shape index (κ1) is 14.9. The van der Waals surface area contributed by atoms with Gasteiger partial charge in [-0.25, -0.2) is 5.01 Å². The first-order valence-corrected chi connectivity index (χ1v) is 8.02. The number of benzene rings is 2. The van der Waals surface area contributed by atoms with Crippen LogP contribution >= 0.6 is 0 Å². The fraction of sp³-hybridized carbons (Fsp3) is 0.316. The first-order valence-electron chi connectivity index (χ1n) is 8.02. The number of para-hydroxylation sites is 1. The second-order valence-corrected chi connectivity index (χ2v) is 6.58. The van der Waals surface area contributed by atoms with Crippen LogP contribution in [0.4, 0.5) is 0 Å². The summed E-state index contributed by atoms with van der Waals surface area (Å²) in [4.78, 5) is 0. The van der Waals surface area contributed by atoms with E-state index in [0.29, 0.717) is 17.7 Å². The van der Waals surface area contributed by atoms with E-state index in [2.05, 4.69) is 6.07 Å². The Kier molecular flexibility index (Phi) is 3.20. The lowest BCUT2D eigenvalue weighted by molar-refractivity contribution is -0.0911. The van der Waals surface area contributed by atoms with Gasteiger partial charge in [0.1, 0.15) is 17.2 Å². The second kappa shape index (κ2) is 5.16. The predicted octanol–water partition coefficient (Wildman–Crippen LogP) is 3.68. The molecule has 2 aromatic carbocycles. The summed E-state index contributed by atoms with van der Waals surface area (Å²) in [6.45, 7) is 4.02. The first-order chi connectivity index (χ1) is 11.5. The molecule has 2 aromatic rings. The molecule has 0 saturated carbocycles. The van der Waals surface area contributed by atoms with Gasteiger partial charge in [-0.05, 0) is 38.1 Å². The van der Waals surface area contributed by atoms with Crippen LogP contribution in [0.15, 0.2) is 47.6 Å². The average molecular weight is 324 g/mol. The van der Waals surface area contributed by atoms with E-state index in [1.807, 2.05) is 43.1 Å². The number of hydrogen-bond acceptors (Lipinski definition) is 5. The number of aromatic hydroxyl groups is 1. The minimum absolute atomic E-state index is 0.102. The minimum atomic E-state index is -0.546. The Hall–Kier alpha value is -2.69. The molecule has 124 valence electrons. The topological polar surface area (TPSA) is 54.3 Å². The Morgan fingerprint density at radius 1 is 1.25 bits per heavy atom. The molecule has 0 fully saturated rings. The number of hydrogen-bond donors (Lipinski definition) is 1. The van der Waals surface area contributed by atoms with Gasteiger partial charge in [0.2, 0.25) is 0 Å². The maximum absolute atomic E-state index is 10.3. The largest absolute Gasteiger partial charge is 0.507 e. The number of nitrogens with zero attached hydrogens (tertiary/aromatic N) is 2. The maximum Gasteiger partial charge on any atom is 0.192 e. The van der Waals surface area contributed by atoms with Crippen LogP contribution in [0.1, 0.15) is 37.4 Å². The molecule has 5 nitrogen and oxygen atoms in total. The molecular formula is C19H20N2O3. The molecule has 1 unspecified atom stereocenters. The fourth-order valence-electron chi connectivity index (χ4n) is 3.45. The molecule has 0 saturated heterocycles. The van der Waals surface area contributed by atoms with E-state index >= 15 is 0 Å². The van der Waals surface area contributed by atoms with E-state index in [0.717, 1.165) is 17.0 Å². The van der Waals surface area contributed by atoms with Gasteiger partial charge in [0, 0.05) is 17.5 Å². The van der Waals surface area contributed by atoms with E-state index in [1.165, 1.54) is 0 Å². The lowest BCUT2D eigenvalue weighted by atomic mass is 9.95. The summed E-state index contributed by atoms with van der Waals surface area (Å²) in [7, 11) is 1.61. The van der Waals surface area contributed by atoms with E-state index < -0.39 is 5.72 Å². The van der Waals surface area contributed by atoms with Crippen molar-refractivity contribution in [1.29, 1.82) is 0 Å². The average Bonchev–Trinajstić information content (AvgIpc) is 3.01. The van der Waals surface area contributed by atoms with Crippen LogP contribution in [0.5, 0.6) is 17.2 Å². The quantitative estimate of drug-likeness (QED) is 0.915. The summed E-state index contributed by atoms with van der Waals surface area (Å²) in [5.41, 5.74) is 2.12. The Morgan fingerprint density at radius 2 is 2.04 bits per heavy atom. The summed E-state index contributed by atoms with van der Waals surface area (Å²) in [6, 6.07) is 13.4. The number of rotatable bonds is 2. The van der Waals surface area contributed by atoms with Gasteiger partial charge in [0.25, 0.3) is 0 Å². The van der Waals surface area contributed by atoms with Crippen molar-refractivity contribution in [2.24, 2.45) is 5.10 Å². The van der Waals surface area contributed by atoms with Gasteiger partial charge in [-0.3, -0.25) is 0 Å². The van der Waals surface area contributed by atoms with Crippen molar-refractivity contribution in [2.45, 2.75) is 32.0 Å². The highest BCUT2D eigenvalue weighted by molar-refractivity contribution is 6.04. The molecule has 1 N–H and O–H groups in total. The van der Waals surface area contributed by atoms with E-state index in [4.69, 9.17) is 14.6 Å². The lowest BCUT2D eigenvalue weighted by Gasteiger charge is -2.43. The van der Waals surface area contributed by atoms with Gasteiger partial charge >= 0.3 is 0 Å². The highest BCUT2D eigenvalue weighted by Crippen LogP contribution is 2.47. The SMILES string of the molecule is COc1ccc(O)c(C2=NN3C(C2)c2ccccc2OC3(C)C)c1. The van der Waals surface area contributed by atoms with Gasteiger partial charge in [-0.2, -0.15) is 5.10 Å². The van der Waals surface area contributed by atoms with E-state index in [1.54, 1.807) is 19.2 Å². The number of phenolic OH excluding ortho intramolecular Hbond substituents is 1. The number of hydrazone groups is 1. The zero-order valence-electron chi connectivity index (χ0n) is 14.0. The Balaban J connectivity index is 1.78. The number of methoxy groups -OCH3 is 1. The molecule has 0 bridgehead atoms. The molecule has 1 atom stereocenters.